The summed E-state index contributed by atoms with van der Waals surface area (Å²) < 4.78 is 0. The number of aliphatic imine (C=N–C) groups is 2. The van der Waals surface area contributed by atoms with E-state index in [2.05, 4.69) is 9.98 Å². The molecule has 0 aromatic heterocycles. The molecule has 0 bridgehead atoms. The molecule has 20 heavy (non-hydrogen) atoms. The number of hydrogen-bond donors (Lipinski definition) is 0. The Kier molecular flexibility index (Phi) is 5.00. The van der Waals surface area contributed by atoms with Crippen molar-refractivity contribution < 1.29 is 9.59 Å². The summed E-state index contributed by atoms with van der Waals surface area (Å²) in [6.45, 7) is 1.93. The molecule has 1 saturated carbocycles. The van der Waals surface area contributed by atoms with Gasteiger partial charge in [-0.1, -0.05) is 25.0 Å². The van der Waals surface area contributed by atoms with Crippen LogP contribution in [0.25, 0.3) is 0 Å². The van der Waals surface area contributed by atoms with E-state index in [0.29, 0.717) is 11.6 Å². The second-order valence-electron chi connectivity index (χ2n) is 5.36. The molecule has 0 saturated heterocycles. The molecule has 4 nitrogen and oxygen atoms in total. The molecule has 0 heterocycles. The summed E-state index contributed by atoms with van der Waals surface area (Å²) in [6.07, 6.45) is 8.59. The molecule has 0 amide bonds. The first-order valence-corrected chi connectivity index (χ1v) is 6.99. The van der Waals surface area contributed by atoms with Gasteiger partial charge < -0.3 is 0 Å². The van der Waals surface area contributed by atoms with Crippen LogP contribution in [0.15, 0.2) is 28.2 Å². The minimum Gasteiger partial charge on any atom is -0.211 e. The van der Waals surface area contributed by atoms with Gasteiger partial charge in [-0.25, -0.2) is 14.6 Å². The van der Waals surface area contributed by atoms with E-state index in [9.17, 15) is 9.59 Å². The molecule has 1 fully saturated rings. The van der Waals surface area contributed by atoms with Crippen LogP contribution in [0.4, 0.5) is 5.69 Å². The predicted molar refractivity (Wildman–Crippen MR) is 76.5 cm³/mol. The van der Waals surface area contributed by atoms with Gasteiger partial charge in [-0.05, 0) is 49.3 Å². The quantitative estimate of drug-likeness (QED) is 0.622. The third-order valence-electron chi connectivity index (χ3n) is 4.01. The minimum atomic E-state index is 0.106. The summed E-state index contributed by atoms with van der Waals surface area (Å²) >= 11 is 0. The van der Waals surface area contributed by atoms with Gasteiger partial charge in [0, 0.05) is 0 Å². The lowest BCUT2D eigenvalue weighted by atomic mass is 9.81. The van der Waals surface area contributed by atoms with Crippen molar-refractivity contribution in [2.24, 2.45) is 15.9 Å². The van der Waals surface area contributed by atoms with E-state index in [-0.39, 0.29) is 6.04 Å². The van der Waals surface area contributed by atoms with Crippen molar-refractivity contribution in [2.75, 3.05) is 0 Å². The van der Waals surface area contributed by atoms with Gasteiger partial charge in [0.1, 0.15) is 0 Å². The van der Waals surface area contributed by atoms with Crippen LogP contribution in [0.3, 0.4) is 0 Å². The molecule has 0 N–H and O–H groups in total. The van der Waals surface area contributed by atoms with Crippen molar-refractivity contribution in [1.29, 1.82) is 0 Å². The first-order valence-electron chi connectivity index (χ1n) is 6.99. The molecule has 1 aromatic carbocycles. The van der Waals surface area contributed by atoms with E-state index < -0.39 is 0 Å². The van der Waals surface area contributed by atoms with Gasteiger partial charge in [0.2, 0.25) is 12.2 Å². The van der Waals surface area contributed by atoms with Gasteiger partial charge in [0.25, 0.3) is 0 Å². The molecular weight excluding hydrogens is 252 g/mol. The van der Waals surface area contributed by atoms with Gasteiger partial charge in [-0.3, -0.25) is 0 Å². The zero-order chi connectivity index (χ0) is 14.4. The molecule has 1 aromatic rings. The van der Waals surface area contributed by atoms with Crippen LogP contribution < -0.4 is 0 Å². The zero-order valence-corrected chi connectivity index (χ0v) is 11.6. The number of hydrogen-bond acceptors (Lipinski definition) is 4. The van der Waals surface area contributed by atoms with Crippen LogP contribution in [0.2, 0.25) is 0 Å². The van der Waals surface area contributed by atoms with Crippen molar-refractivity contribution >= 4 is 17.8 Å². The summed E-state index contributed by atoms with van der Waals surface area (Å²) in [6, 6.07) is 5.98. The van der Waals surface area contributed by atoms with Crippen LogP contribution in [-0.2, 0) is 16.0 Å². The highest BCUT2D eigenvalue weighted by Crippen LogP contribution is 2.30. The van der Waals surface area contributed by atoms with Gasteiger partial charge in [0.05, 0.1) is 11.7 Å². The largest absolute Gasteiger partial charge is 0.240 e. The van der Waals surface area contributed by atoms with E-state index in [1.165, 1.54) is 12.0 Å². The molecule has 2 rings (SSSR count). The fourth-order valence-electron chi connectivity index (χ4n) is 2.99. The van der Waals surface area contributed by atoms with Crippen LogP contribution in [0.1, 0.15) is 36.8 Å². The summed E-state index contributed by atoms with van der Waals surface area (Å²) in [4.78, 5) is 28.4. The predicted octanol–water partition coefficient (Wildman–Crippen LogP) is 3.40. The van der Waals surface area contributed by atoms with E-state index in [1.54, 1.807) is 12.2 Å². The van der Waals surface area contributed by atoms with Gasteiger partial charge in [-0.2, -0.15) is 4.99 Å². The molecule has 0 aliphatic heterocycles. The first-order chi connectivity index (χ1) is 9.74. The number of carbonyl (C=O) groups excluding carboxylic acids is 2. The average Bonchev–Trinajstić information content (AvgIpc) is 2.44. The standard InChI is InChI=1S/C16H18N2O2/c1-12-8-13(6-7-15(12)17-10-19)9-14-4-2-3-5-16(14)18-11-20/h6-8,14,16H,2-5,9H2,1H3. The Bertz CT molecular complexity index is 570. The third-order valence-corrected chi connectivity index (χ3v) is 4.01. The molecule has 1 aliphatic rings. The Hall–Kier alpha value is -2.02. The molecule has 1 aliphatic carbocycles. The highest BCUT2D eigenvalue weighted by atomic mass is 16.1. The molecule has 0 radical (unpaired) electrons. The summed E-state index contributed by atoms with van der Waals surface area (Å²) in [5.74, 6) is 0.407. The normalized spacial score (nSPS) is 21.6. The second kappa shape index (κ2) is 6.95. The SMILES string of the molecule is Cc1cc(CC2CCCCC2N=C=O)ccc1N=C=O. The Morgan fingerprint density at radius 3 is 2.70 bits per heavy atom. The molecule has 2 atom stereocenters. The lowest BCUT2D eigenvalue weighted by molar-refractivity contribution is 0.307. The third kappa shape index (κ3) is 3.51. The van der Waals surface area contributed by atoms with E-state index in [1.807, 2.05) is 25.1 Å². The number of rotatable bonds is 4. The number of isocyanates is 2. The summed E-state index contributed by atoms with van der Waals surface area (Å²) in [5, 5.41) is 0. The maximum Gasteiger partial charge on any atom is 0.240 e. The number of nitrogens with zero attached hydrogens (tertiary/aromatic N) is 2. The maximum absolute atomic E-state index is 10.5. The number of benzene rings is 1. The van der Waals surface area contributed by atoms with Crippen LogP contribution in [-0.4, -0.2) is 18.2 Å². The molecule has 4 heteroatoms. The molecule has 0 spiro atoms. The topological polar surface area (TPSA) is 58.9 Å². The van der Waals surface area contributed by atoms with Crippen LogP contribution in [0, 0.1) is 12.8 Å². The fourth-order valence-corrected chi connectivity index (χ4v) is 2.99. The molecule has 104 valence electrons. The highest BCUT2D eigenvalue weighted by Gasteiger charge is 2.24. The van der Waals surface area contributed by atoms with Crippen LogP contribution in [0.5, 0.6) is 0 Å². The summed E-state index contributed by atoms with van der Waals surface area (Å²) in [5.41, 5.74) is 2.83. The van der Waals surface area contributed by atoms with Crippen molar-refractivity contribution in [3.63, 3.8) is 0 Å². The number of aryl methyl sites for hydroxylation is 1. The maximum atomic E-state index is 10.5. The van der Waals surface area contributed by atoms with Gasteiger partial charge >= 0.3 is 0 Å². The Labute approximate surface area is 118 Å². The average molecular weight is 270 g/mol. The zero-order valence-electron chi connectivity index (χ0n) is 11.6. The highest BCUT2D eigenvalue weighted by molar-refractivity contribution is 5.54. The molecular formula is C16H18N2O2. The van der Waals surface area contributed by atoms with Crippen molar-refractivity contribution in [3.8, 4) is 0 Å². The first kappa shape index (κ1) is 14.4. The van der Waals surface area contributed by atoms with E-state index in [0.717, 1.165) is 31.2 Å². The van der Waals surface area contributed by atoms with Gasteiger partial charge in [0.15, 0.2) is 0 Å². The lowest BCUT2D eigenvalue weighted by Crippen LogP contribution is -2.24. The monoisotopic (exact) mass is 270 g/mol. The van der Waals surface area contributed by atoms with E-state index in [4.69, 9.17) is 0 Å². The smallest absolute Gasteiger partial charge is 0.211 e. The lowest BCUT2D eigenvalue weighted by Gasteiger charge is -2.27. The van der Waals surface area contributed by atoms with Crippen LogP contribution >= 0.6 is 0 Å². The second-order valence-corrected chi connectivity index (χ2v) is 5.36. The Morgan fingerprint density at radius 1 is 1.20 bits per heavy atom. The summed E-state index contributed by atoms with van der Waals surface area (Å²) in [7, 11) is 0. The Morgan fingerprint density at radius 2 is 2.00 bits per heavy atom. The van der Waals surface area contributed by atoms with E-state index >= 15 is 0 Å². The molecule has 2 unspecified atom stereocenters. The van der Waals surface area contributed by atoms with Crippen molar-refractivity contribution in [2.45, 2.75) is 45.1 Å². The minimum absolute atomic E-state index is 0.106. The van der Waals surface area contributed by atoms with Gasteiger partial charge in [-0.15, -0.1) is 0 Å². The van der Waals surface area contributed by atoms with Crippen molar-refractivity contribution in [3.05, 3.63) is 29.3 Å². The fraction of sp³-hybridized carbons (Fsp3) is 0.500. The van der Waals surface area contributed by atoms with Crippen molar-refractivity contribution in [1.82, 2.24) is 0 Å². The Balaban J connectivity index is 2.14.